The van der Waals surface area contributed by atoms with Crippen LogP contribution in [-0.4, -0.2) is 22.9 Å². The smallest absolute Gasteiger partial charge is 0.0789 e. The number of hydrogen-bond acceptors (Lipinski definition) is 3. The van der Waals surface area contributed by atoms with Crippen LogP contribution in [0.4, 0.5) is 0 Å². The van der Waals surface area contributed by atoms with Crippen LogP contribution in [0.3, 0.4) is 0 Å². The lowest BCUT2D eigenvalue weighted by molar-refractivity contribution is 0.106. The van der Waals surface area contributed by atoms with Crippen LogP contribution in [0.25, 0.3) is 0 Å². The average Bonchev–Trinajstić information content (AvgIpc) is 2.33. The number of rotatable bonds is 0. The summed E-state index contributed by atoms with van der Waals surface area (Å²) in [5.74, 6) is 0. The summed E-state index contributed by atoms with van der Waals surface area (Å²) >= 11 is 0. The number of fused-ring (bicyclic) bond motifs is 1. The van der Waals surface area contributed by atoms with E-state index in [4.69, 9.17) is 0 Å². The largest absolute Gasteiger partial charge is 0.252 e. The number of hydrogen-bond donors (Lipinski definition) is 0. The van der Waals surface area contributed by atoms with Crippen LogP contribution < -0.4 is 0 Å². The van der Waals surface area contributed by atoms with Gasteiger partial charge in [-0.25, -0.2) is 0 Å². The maximum Gasteiger partial charge on any atom is 0.0789 e. The van der Waals surface area contributed by atoms with Gasteiger partial charge in [-0.1, -0.05) is 0 Å². The molecule has 0 radical (unpaired) electrons. The molecule has 2 aliphatic rings. The third kappa shape index (κ3) is 0.614. The van der Waals surface area contributed by atoms with Crippen molar-refractivity contribution in [2.75, 3.05) is 6.54 Å². The summed E-state index contributed by atoms with van der Waals surface area (Å²) in [6.07, 6.45) is 9.71. The minimum absolute atomic E-state index is 0.890. The second-order valence-corrected chi connectivity index (χ2v) is 1.93. The van der Waals surface area contributed by atoms with Crippen molar-refractivity contribution in [3.05, 3.63) is 24.6 Å². The van der Waals surface area contributed by atoms with Gasteiger partial charge in [0.25, 0.3) is 0 Å². The summed E-state index contributed by atoms with van der Waals surface area (Å²) in [5, 5.41) is 7.90. The zero-order chi connectivity index (χ0) is 6.10. The van der Waals surface area contributed by atoms with Crippen molar-refractivity contribution in [2.24, 2.45) is 5.10 Å². The minimum atomic E-state index is 0.890. The van der Waals surface area contributed by atoms with Crippen molar-refractivity contribution in [3.8, 4) is 0 Å². The molecule has 0 saturated heterocycles. The van der Waals surface area contributed by atoms with E-state index in [0.29, 0.717) is 0 Å². The lowest BCUT2D eigenvalue weighted by Crippen LogP contribution is -2.27. The van der Waals surface area contributed by atoms with Gasteiger partial charge in [0.15, 0.2) is 0 Å². The highest BCUT2D eigenvalue weighted by Gasteiger charge is 2.10. The highest BCUT2D eigenvalue weighted by Crippen LogP contribution is 2.10. The van der Waals surface area contributed by atoms with Gasteiger partial charge in [-0.15, -0.1) is 0 Å². The molecule has 0 aromatic heterocycles. The van der Waals surface area contributed by atoms with E-state index < -0.39 is 0 Å². The molecule has 2 aliphatic heterocycles. The average molecular weight is 121 g/mol. The van der Waals surface area contributed by atoms with Crippen molar-refractivity contribution in [1.82, 2.24) is 10.1 Å². The highest BCUT2D eigenvalue weighted by atomic mass is 15.8. The predicted molar refractivity (Wildman–Crippen MR) is 35.3 cm³/mol. The molecular formula is C6H7N3. The van der Waals surface area contributed by atoms with Gasteiger partial charge in [0, 0.05) is 12.4 Å². The van der Waals surface area contributed by atoms with Crippen LogP contribution >= 0.6 is 0 Å². The zero-order valence-electron chi connectivity index (χ0n) is 4.94. The quantitative estimate of drug-likeness (QED) is 0.466. The lowest BCUT2D eigenvalue weighted by atomic mass is 10.6. The molecule has 0 spiro atoms. The number of hydrazone groups is 1. The van der Waals surface area contributed by atoms with Gasteiger partial charge in [0.2, 0.25) is 0 Å². The molecule has 0 N–H and O–H groups in total. The topological polar surface area (TPSA) is 18.8 Å². The van der Waals surface area contributed by atoms with E-state index >= 15 is 0 Å². The number of nitrogens with zero attached hydrogens (tertiary/aromatic N) is 3. The van der Waals surface area contributed by atoms with Gasteiger partial charge in [0.05, 0.1) is 12.8 Å². The molecule has 9 heavy (non-hydrogen) atoms. The fourth-order valence-electron chi connectivity index (χ4n) is 0.896. The fraction of sp³-hybridized carbons (Fsp3) is 0.167. The van der Waals surface area contributed by atoms with Crippen molar-refractivity contribution in [3.63, 3.8) is 0 Å². The number of allylic oxidation sites excluding steroid dienone is 1. The van der Waals surface area contributed by atoms with Crippen molar-refractivity contribution in [2.45, 2.75) is 0 Å². The van der Waals surface area contributed by atoms with Crippen LogP contribution in [0.15, 0.2) is 29.7 Å². The van der Waals surface area contributed by atoms with E-state index in [0.717, 1.165) is 6.54 Å². The van der Waals surface area contributed by atoms with Crippen LogP contribution in [0.5, 0.6) is 0 Å². The van der Waals surface area contributed by atoms with E-state index in [1.807, 2.05) is 28.6 Å². The molecule has 0 aromatic rings. The first-order valence-corrected chi connectivity index (χ1v) is 2.90. The normalized spacial score (nSPS) is 21.3. The van der Waals surface area contributed by atoms with Crippen molar-refractivity contribution >= 4 is 6.21 Å². The Labute approximate surface area is 53.5 Å². The standard InChI is InChI=1S/C6H7N3/c1-3-7-9-6-2-5-8(9)4-1/h1-5H,6H2. The number of hydrazine groups is 1. The monoisotopic (exact) mass is 121 g/mol. The summed E-state index contributed by atoms with van der Waals surface area (Å²) in [6.45, 7) is 0.890. The Morgan fingerprint density at radius 3 is 3.22 bits per heavy atom. The first-order valence-electron chi connectivity index (χ1n) is 2.90. The Balaban J connectivity index is 2.25. The van der Waals surface area contributed by atoms with Crippen LogP contribution in [0.1, 0.15) is 0 Å². The molecule has 0 atom stereocenters. The molecule has 0 aliphatic carbocycles. The highest BCUT2D eigenvalue weighted by molar-refractivity contribution is 5.71. The molecule has 46 valence electrons. The van der Waals surface area contributed by atoms with Gasteiger partial charge in [0.1, 0.15) is 0 Å². The lowest BCUT2D eigenvalue weighted by Gasteiger charge is -2.23. The molecule has 0 amide bonds. The van der Waals surface area contributed by atoms with Crippen molar-refractivity contribution in [1.29, 1.82) is 0 Å². The summed E-state index contributed by atoms with van der Waals surface area (Å²) in [6, 6.07) is 0. The van der Waals surface area contributed by atoms with Crippen LogP contribution in [-0.2, 0) is 0 Å². The Hall–Kier alpha value is -1.25. The Morgan fingerprint density at radius 1 is 1.33 bits per heavy atom. The minimum Gasteiger partial charge on any atom is -0.252 e. The molecular weight excluding hydrogens is 114 g/mol. The SMILES string of the molecule is C1=CN2C=CCN2N=C1. The molecule has 0 unspecified atom stereocenters. The van der Waals surface area contributed by atoms with E-state index in [-0.39, 0.29) is 0 Å². The summed E-state index contributed by atoms with van der Waals surface area (Å²) in [5.41, 5.74) is 0. The maximum atomic E-state index is 4.08. The first-order chi connectivity index (χ1) is 4.47. The van der Waals surface area contributed by atoms with E-state index in [1.54, 1.807) is 6.21 Å². The van der Waals surface area contributed by atoms with Gasteiger partial charge in [-0.05, 0) is 12.2 Å². The van der Waals surface area contributed by atoms with E-state index in [2.05, 4.69) is 11.2 Å². The van der Waals surface area contributed by atoms with E-state index in [1.165, 1.54) is 0 Å². The van der Waals surface area contributed by atoms with Gasteiger partial charge >= 0.3 is 0 Å². The van der Waals surface area contributed by atoms with Gasteiger partial charge in [-0.2, -0.15) is 10.2 Å². The van der Waals surface area contributed by atoms with Crippen molar-refractivity contribution < 1.29 is 0 Å². The molecule has 0 saturated carbocycles. The Bertz CT molecular complexity index is 192. The summed E-state index contributed by atoms with van der Waals surface area (Å²) in [7, 11) is 0. The molecule has 2 rings (SSSR count). The maximum absolute atomic E-state index is 4.08. The molecule has 3 heteroatoms. The summed E-state index contributed by atoms with van der Waals surface area (Å²) in [4.78, 5) is 0. The van der Waals surface area contributed by atoms with Gasteiger partial charge in [-0.3, -0.25) is 5.01 Å². The third-order valence-electron chi connectivity index (χ3n) is 1.32. The summed E-state index contributed by atoms with van der Waals surface area (Å²) < 4.78 is 0. The zero-order valence-corrected chi connectivity index (χ0v) is 4.94. The second kappa shape index (κ2) is 1.62. The second-order valence-electron chi connectivity index (χ2n) is 1.93. The predicted octanol–water partition coefficient (Wildman–Crippen LogP) is 0.546. The fourth-order valence-corrected chi connectivity index (χ4v) is 0.896. The van der Waals surface area contributed by atoms with Crippen LogP contribution in [0.2, 0.25) is 0 Å². The van der Waals surface area contributed by atoms with Gasteiger partial charge < -0.3 is 0 Å². The van der Waals surface area contributed by atoms with E-state index in [9.17, 15) is 0 Å². The first kappa shape index (κ1) is 4.61. The third-order valence-corrected chi connectivity index (χ3v) is 1.32. The Kier molecular flexibility index (Phi) is 0.828. The molecule has 0 bridgehead atoms. The molecule has 0 aromatic carbocycles. The molecule has 2 heterocycles. The van der Waals surface area contributed by atoms with Crippen LogP contribution in [0, 0.1) is 0 Å². The molecule has 3 nitrogen and oxygen atoms in total. The Morgan fingerprint density at radius 2 is 2.33 bits per heavy atom. The molecule has 0 fully saturated rings.